The summed E-state index contributed by atoms with van der Waals surface area (Å²) in [6, 6.07) is 17.3. The van der Waals surface area contributed by atoms with Crippen molar-refractivity contribution in [1.82, 2.24) is 9.97 Å². The number of amides is 1. The van der Waals surface area contributed by atoms with Crippen molar-refractivity contribution in [2.75, 3.05) is 12.0 Å². The monoisotopic (exact) mass is 499 g/mol. The molecular formula is C28H25N3O4S. The topological polar surface area (TPSA) is 92.6 Å². The van der Waals surface area contributed by atoms with E-state index in [1.54, 1.807) is 36.5 Å². The van der Waals surface area contributed by atoms with E-state index in [1.807, 2.05) is 30.3 Å². The number of carbonyl (C=O) groups excluding carboxylic acids is 2. The summed E-state index contributed by atoms with van der Waals surface area (Å²) in [7, 11) is 1.50. The van der Waals surface area contributed by atoms with Crippen molar-refractivity contribution in [2.45, 2.75) is 32.2 Å². The Bertz CT molecular complexity index is 1490. The summed E-state index contributed by atoms with van der Waals surface area (Å²) in [5.74, 6) is -1.48. The van der Waals surface area contributed by atoms with Crippen LogP contribution in [0.5, 0.6) is 5.75 Å². The second-order valence-corrected chi connectivity index (χ2v) is 10.6. The molecule has 0 bridgehead atoms. The van der Waals surface area contributed by atoms with Gasteiger partial charge in [0.25, 0.3) is 5.78 Å². The van der Waals surface area contributed by atoms with Gasteiger partial charge < -0.3 is 9.84 Å². The average molecular weight is 500 g/mol. The Hall–Kier alpha value is -4.04. The Labute approximate surface area is 212 Å². The fourth-order valence-corrected chi connectivity index (χ4v) is 5.31. The number of hydrogen-bond donors (Lipinski definition) is 1. The smallest absolute Gasteiger partial charge is 0.301 e. The molecule has 5 rings (SSSR count). The van der Waals surface area contributed by atoms with Crippen molar-refractivity contribution in [3.63, 3.8) is 0 Å². The molecule has 1 amide bonds. The first-order chi connectivity index (χ1) is 17.2. The number of hydrogen-bond acceptors (Lipinski definition) is 7. The van der Waals surface area contributed by atoms with Gasteiger partial charge in [0.15, 0.2) is 5.13 Å². The van der Waals surface area contributed by atoms with Gasteiger partial charge in [-0.3, -0.25) is 19.5 Å². The number of fused-ring (bicyclic) bond motifs is 1. The van der Waals surface area contributed by atoms with E-state index in [0.29, 0.717) is 22.1 Å². The van der Waals surface area contributed by atoms with Gasteiger partial charge in [-0.25, -0.2) is 4.98 Å². The fraction of sp³-hybridized carbons (Fsp3) is 0.214. The number of benzene rings is 2. The Morgan fingerprint density at radius 1 is 1.06 bits per heavy atom. The molecule has 0 radical (unpaired) electrons. The van der Waals surface area contributed by atoms with Crippen LogP contribution in [0.3, 0.4) is 0 Å². The number of aliphatic hydroxyl groups excluding tert-OH is 1. The van der Waals surface area contributed by atoms with E-state index in [9.17, 15) is 14.7 Å². The molecule has 2 aromatic heterocycles. The first-order valence-corrected chi connectivity index (χ1v) is 12.3. The molecule has 1 aliphatic rings. The van der Waals surface area contributed by atoms with E-state index >= 15 is 0 Å². The molecule has 8 heteroatoms. The zero-order valence-electron chi connectivity index (χ0n) is 20.4. The summed E-state index contributed by atoms with van der Waals surface area (Å²) >= 11 is 1.31. The van der Waals surface area contributed by atoms with E-state index < -0.39 is 17.7 Å². The summed E-state index contributed by atoms with van der Waals surface area (Å²) in [5.41, 5.74) is 2.19. The number of thiazole rings is 1. The van der Waals surface area contributed by atoms with E-state index in [4.69, 9.17) is 4.74 Å². The van der Waals surface area contributed by atoms with Crippen LogP contribution in [0.4, 0.5) is 5.13 Å². The molecule has 1 saturated heterocycles. The van der Waals surface area contributed by atoms with Crippen LogP contribution in [0, 0.1) is 0 Å². The first-order valence-electron chi connectivity index (χ1n) is 11.5. The molecule has 182 valence electrons. The van der Waals surface area contributed by atoms with Crippen molar-refractivity contribution in [1.29, 1.82) is 0 Å². The van der Waals surface area contributed by atoms with E-state index in [1.165, 1.54) is 23.3 Å². The third kappa shape index (κ3) is 3.93. The minimum atomic E-state index is -0.949. The van der Waals surface area contributed by atoms with E-state index in [2.05, 4.69) is 30.7 Å². The Kier molecular flexibility index (Phi) is 5.84. The molecule has 0 aliphatic carbocycles. The lowest BCUT2D eigenvalue weighted by molar-refractivity contribution is -0.132. The summed E-state index contributed by atoms with van der Waals surface area (Å²) in [6.45, 7) is 6.16. The van der Waals surface area contributed by atoms with Crippen LogP contribution in [0.15, 0.2) is 72.4 Å². The number of anilines is 1. The fourth-order valence-electron chi connectivity index (χ4n) is 4.32. The molecular weight excluding hydrogens is 474 g/mol. The molecule has 1 aliphatic heterocycles. The second kappa shape index (κ2) is 8.87. The van der Waals surface area contributed by atoms with Gasteiger partial charge in [0.2, 0.25) is 0 Å². The summed E-state index contributed by atoms with van der Waals surface area (Å²) in [5, 5.41) is 12.0. The van der Waals surface area contributed by atoms with Gasteiger partial charge in [0, 0.05) is 6.20 Å². The average Bonchev–Trinajstić information content (AvgIpc) is 3.41. The zero-order chi connectivity index (χ0) is 25.6. The first kappa shape index (κ1) is 23.7. The number of carbonyl (C=O) groups is 2. The Morgan fingerprint density at radius 2 is 1.81 bits per heavy atom. The maximum absolute atomic E-state index is 13.5. The lowest BCUT2D eigenvalue weighted by Gasteiger charge is -2.23. The van der Waals surface area contributed by atoms with Crippen LogP contribution in [-0.4, -0.2) is 33.9 Å². The van der Waals surface area contributed by atoms with Crippen LogP contribution >= 0.6 is 11.3 Å². The van der Waals surface area contributed by atoms with Gasteiger partial charge in [-0.2, -0.15) is 0 Å². The van der Waals surface area contributed by atoms with Gasteiger partial charge in [-0.15, -0.1) is 0 Å². The van der Waals surface area contributed by atoms with Crippen molar-refractivity contribution in [2.24, 2.45) is 0 Å². The molecule has 1 unspecified atom stereocenters. The number of Topliss-reactive ketones (excluding diaryl/α,β-unsaturated/α-hetero) is 1. The number of methoxy groups -OCH3 is 1. The van der Waals surface area contributed by atoms with E-state index in [-0.39, 0.29) is 16.7 Å². The van der Waals surface area contributed by atoms with Gasteiger partial charge in [-0.1, -0.05) is 56.4 Å². The van der Waals surface area contributed by atoms with Crippen LogP contribution in [0.1, 0.15) is 43.6 Å². The number of pyridine rings is 1. The molecule has 1 atom stereocenters. The van der Waals surface area contributed by atoms with Gasteiger partial charge >= 0.3 is 5.91 Å². The predicted octanol–water partition coefficient (Wildman–Crippen LogP) is 5.62. The molecule has 2 aromatic carbocycles. The third-order valence-electron chi connectivity index (χ3n) is 6.22. The molecule has 36 heavy (non-hydrogen) atoms. The SMILES string of the molecule is COc1ccc(C(C)(C)C)cc1/C(O)=C1\C(=O)C(=O)N(c2nc3ccccc3s2)C1c1ccccn1. The summed E-state index contributed by atoms with van der Waals surface area (Å²) in [6.07, 6.45) is 1.59. The lowest BCUT2D eigenvalue weighted by Crippen LogP contribution is -2.29. The van der Waals surface area contributed by atoms with Crippen molar-refractivity contribution >= 4 is 44.1 Å². The molecule has 3 heterocycles. The Balaban J connectivity index is 1.75. The predicted molar refractivity (Wildman–Crippen MR) is 140 cm³/mol. The summed E-state index contributed by atoms with van der Waals surface area (Å²) < 4.78 is 6.40. The minimum Gasteiger partial charge on any atom is -0.507 e. The molecule has 1 N–H and O–H groups in total. The quantitative estimate of drug-likeness (QED) is 0.222. The highest BCUT2D eigenvalue weighted by molar-refractivity contribution is 7.22. The van der Waals surface area contributed by atoms with Crippen molar-refractivity contribution in [3.05, 3.63) is 89.3 Å². The summed E-state index contributed by atoms with van der Waals surface area (Å²) in [4.78, 5) is 37.3. The number of aromatic nitrogens is 2. The van der Waals surface area contributed by atoms with Gasteiger partial charge in [0.05, 0.1) is 34.2 Å². The number of para-hydroxylation sites is 1. The lowest BCUT2D eigenvalue weighted by atomic mass is 9.85. The van der Waals surface area contributed by atoms with Gasteiger partial charge in [-0.05, 0) is 47.4 Å². The highest BCUT2D eigenvalue weighted by Gasteiger charge is 2.49. The highest BCUT2D eigenvalue weighted by atomic mass is 32.1. The van der Waals surface area contributed by atoms with Gasteiger partial charge in [0.1, 0.15) is 17.6 Å². The number of rotatable bonds is 4. The number of ether oxygens (including phenoxy) is 1. The van der Waals surface area contributed by atoms with Crippen molar-refractivity contribution in [3.8, 4) is 5.75 Å². The molecule has 0 spiro atoms. The zero-order valence-corrected chi connectivity index (χ0v) is 21.2. The van der Waals surface area contributed by atoms with Crippen LogP contribution in [0.2, 0.25) is 0 Å². The number of nitrogens with zero attached hydrogens (tertiary/aromatic N) is 3. The largest absolute Gasteiger partial charge is 0.507 e. The molecule has 0 saturated carbocycles. The normalized spacial score (nSPS) is 17.7. The Morgan fingerprint density at radius 3 is 2.47 bits per heavy atom. The molecule has 4 aromatic rings. The minimum absolute atomic E-state index is 0.0534. The van der Waals surface area contributed by atoms with E-state index in [0.717, 1.165) is 15.8 Å². The maximum atomic E-state index is 13.5. The van der Waals surface area contributed by atoms with Crippen molar-refractivity contribution < 1.29 is 19.4 Å². The standard InChI is InChI=1S/C28H25N3O4S/c1-28(2,3)16-12-13-20(35-4)17(15-16)24(32)22-23(19-10-7-8-14-29-19)31(26(34)25(22)33)27-30-18-9-5-6-11-21(18)36-27/h5-15,23,32H,1-4H3/b24-22+. The number of ketones is 1. The third-order valence-corrected chi connectivity index (χ3v) is 7.26. The maximum Gasteiger partial charge on any atom is 0.301 e. The molecule has 1 fully saturated rings. The van der Waals surface area contributed by atoms with Crippen LogP contribution < -0.4 is 9.64 Å². The highest BCUT2D eigenvalue weighted by Crippen LogP contribution is 2.45. The van der Waals surface area contributed by atoms with Crippen LogP contribution in [-0.2, 0) is 15.0 Å². The number of aliphatic hydroxyl groups is 1. The molecule has 7 nitrogen and oxygen atoms in total. The van der Waals surface area contributed by atoms with Crippen LogP contribution in [0.25, 0.3) is 16.0 Å². The second-order valence-electron chi connectivity index (χ2n) is 9.55.